The first-order valence-electron chi connectivity index (χ1n) is 7.64. The molecule has 0 aliphatic carbocycles. The summed E-state index contributed by atoms with van der Waals surface area (Å²) in [4.78, 5) is 8.43. The summed E-state index contributed by atoms with van der Waals surface area (Å²) < 4.78 is 37.8. The predicted octanol–water partition coefficient (Wildman–Crippen LogP) is 1.74. The van der Waals surface area contributed by atoms with Crippen LogP contribution < -0.4 is 10.5 Å². The molecule has 2 heterocycles. The molecule has 2 aromatic heterocycles. The van der Waals surface area contributed by atoms with E-state index in [1.54, 1.807) is 24.3 Å². The molecule has 11 heteroatoms. The van der Waals surface area contributed by atoms with Crippen molar-refractivity contribution in [2.45, 2.75) is 4.90 Å². The number of nitrogens with zero attached hydrogens (tertiary/aromatic N) is 5. The summed E-state index contributed by atoms with van der Waals surface area (Å²) in [7, 11) is -3.83. The van der Waals surface area contributed by atoms with Gasteiger partial charge in [-0.2, -0.15) is 9.67 Å². The zero-order chi connectivity index (χ0) is 19.0. The molecule has 27 heavy (non-hydrogen) atoms. The zero-order valence-corrected chi connectivity index (χ0v) is 14.4. The maximum atomic E-state index is 13.5. The molecule has 4 rings (SSSR count). The number of hydrogen-bond donors (Lipinski definition) is 2. The normalized spacial score (nSPS) is 11.6. The van der Waals surface area contributed by atoms with Gasteiger partial charge in [0.2, 0.25) is 16.0 Å². The van der Waals surface area contributed by atoms with Crippen LogP contribution in [-0.4, -0.2) is 33.4 Å². The Morgan fingerprint density at radius 3 is 2.70 bits per heavy atom. The molecular formula is C16H12FN7O2S. The molecular weight excluding hydrogens is 373 g/mol. The Kier molecular flexibility index (Phi) is 4.01. The fourth-order valence-corrected chi connectivity index (χ4v) is 3.01. The number of anilines is 2. The lowest BCUT2D eigenvalue weighted by molar-refractivity contribution is 0.598. The lowest BCUT2D eigenvalue weighted by Gasteiger charge is -2.07. The molecule has 0 bridgehead atoms. The Morgan fingerprint density at radius 1 is 1.11 bits per heavy atom. The van der Waals surface area contributed by atoms with Crippen LogP contribution in [0.4, 0.5) is 16.0 Å². The van der Waals surface area contributed by atoms with Crippen LogP contribution in [0.1, 0.15) is 0 Å². The van der Waals surface area contributed by atoms with Gasteiger partial charge >= 0.3 is 0 Å². The maximum absolute atomic E-state index is 13.5. The zero-order valence-electron chi connectivity index (χ0n) is 13.6. The van der Waals surface area contributed by atoms with E-state index in [4.69, 9.17) is 5.14 Å². The molecule has 4 aromatic rings. The lowest BCUT2D eigenvalue weighted by atomic mass is 10.3. The average Bonchev–Trinajstić information content (AvgIpc) is 3.04. The van der Waals surface area contributed by atoms with Gasteiger partial charge in [-0.05, 0) is 36.4 Å². The molecule has 0 aliphatic rings. The van der Waals surface area contributed by atoms with E-state index in [-0.39, 0.29) is 10.8 Å². The second kappa shape index (κ2) is 6.37. The highest BCUT2D eigenvalue weighted by Crippen LogP contribution is 2.20. The Hall–Kier alpha value is -3.44. The molecule has 0 fully saturated rings. The minimum absolute atomic E-state index is 0.0416. The largest absolute Gasteiger partial charge is 0.324 e. The topological polar surface area (TPSA) is 129 Å². The molecule has 3 N–H and O–H groups in total. The van der Waals surface area contributed by atoms with Gasteiger partial charge in [-0.15, -0.1) is 5.10 Å². The van der Waals surface area contributed by atoms with Crippen LogP contribution in [0.15, 0.2) is 59.6 Å². The van der Waals surface area contributed by atoms with Crippen LogP contribution in [-0.2, 0) is 10.0 Å². The molecule has 0 spiro atoms. The number of halogens is 1. The van der Waals surface area contributed by atoms with Crippen LogP contribution in [0, 0.1) is 5.82 Å². The minimum atomic E-state index is -3.83. The van der Waals surface area contributed by atoms with Gasteiger partial charge in [0.15, 0.2) is 11.2 Å². The number of benzene rings is 2. The Morgan fingerprint density at radius 2 is 1.93 bits per heavy atom. The Bertz CT molecular complexity index is 1260. The van der Waals surface area contributed by atoms with Crippen molar-refractivity contribution < 1.29 is 12.8 Å². The first kappa shape index (κ1) is 17.0. The van der Waals surface area contributed by atoms with Crippen molar-refractivity contribution >= 4 is 32.8 Å². The third-order valence-electron chi connectivity index (χ3n) is 3.66. The monoisotopic (exact) mass is 385 g/mol. The van der Waals surface area contributed by atoms with E-state index in [9.17, 15) is 12.8 Å². The summed E-state index contributed by atoms with van der Waals surface area (Å²) >= 11 is 0. The summed E-state index contributed by atoms with van der Waals surface area (Å²) in [5.41, 5.74) is 1.67. The lowest BCUT2D eigenvalue weighted by Crippen LogP contribution is -2.12. The van der Waals surface area contributed by atoms with Crippen molar-refractivity contribution in [2.75, 3.05) is 5.32 Å². The van der Waals surface area contributed by atoms with Crippen molar-refractivity contribution in [3.05, 3.63) is 60.5 Å². The number of aromatic nitrogens is 5. The number of fused-ring (bicyclic) bond motifs is 1. The molecule has 2 aromatic carbocycles. The van der Waals surface area contributed by atoms with Gasteiger partial charge in [0.05, 0.1) is 16.8 Å². The van der Waals surface area contributed by atoms with Gasteiger partial charge in [0.25, 0.3) is 0 Å². The van der Waals surface area contributed by atoms with Crippen LogP contribution in [0.5, 0.6) is 0 Å². The molecule has 136 valence electrons. The standard InChI is InChI=1S/C16H12FN7O2S/c17-10-3-1-5-12(7-10)24-15-14(22-23-24)9-19-16(21-15)20-11-4-2-6-13(8-11)27(18,25)26/h1-9H,(H2,18,25,26)(H,19,20,21). The molecule has 0 amide bonds. The van der Waals surface area contributed by atoms with Gasteiger partial charge in [-0.1, -0.05) is 17.3 Å². The molecule has 0 aliphatic heterocycles. The number of sulfonamides is 1. The number of nitrogens with one attached hydrogen (secondary N) is 1. The summed E-state index contributed by atoms with van der Waals surface area (Å²) in [6.45, 7) is 0. The quantitative estimate of drug-likeness (QED) is 0.547. The first-order chi connectivity index (χ1) is 12.9. The van der Waals surface area contributed by atoms with E-state index in [1.807, 2.05) is 0 Å². The van der Waals surface area contributed by atoms with Gasteiger partial charge in [-0.3, -0.25) is 0 Å². The van der Waals surface area contributed by atoms with Crippen molar-refractivity contribution in [3.63, 3.8) is 0 Å². The summed E-state index contributed by atoms with van der Waals surface area (Å²) in [5, 5.41) is 16.0. The molecule has 9 nitrogen and oxygen atoms in total. The van der Waals surface area contributed by atoms with Crippen LogP contribution in [0.3, 0.4) is 0 Å². The Balaban J connectivity index is 1.73. The highest BCUT2D eigenvalue weighted by molar-refractivity contribution is 7.89. The van der Waals surface area contributed by atoms with Gasteiger partial charge in [-0.25, -0.2) is 22.9 Å². The van der Waals surface area contributed by atoms with Crippen molar-refractivity contribution in [1.82, 2.24) is 25.0 Å². The van der Waals surface area contributed by atoms with Crippen molar-refractivity contribution in [3.8, 4) is 5.69 Å². The molecule has 0 unspecified atom stereocenters. The highest BCUT2D eigenvalue weighted by Gasteiger charge is 2.12. The maximum Gasteiger partial charge on any atom is 0.238 e. The smallest absolute Gasteiger partial charge is 0.238 e. The highest BCUT2D eigenvalue weighted by atomic mass is 32.2. The summed E-state index contributed by atoms with van der Waals surface area (Å²) in [6.07, 6.45) is 1.46. The number of nitrogens with two attached hydrogens (primary N) is 1. The van der Waals surface area contributed by atoms with Gasteiger partial charge < -0.3 is 5.32 Å². The van der Waals surface area contributed by atoms with E-state index in [2.05, 4.69) is 25.6 Å². The van der Waals surface area contributed by atoms with E-state index >= 15 is 0 Å². The summed E-state index contributed by atoms with van der Waals surface area (Å²) in [6, 6.07) is 11.8. The number of rotatable bonds is 4. The van der Waals surface area contributed by atoms with E-state index < -0.39 is 15.8 Å². The molecule has 0 atom stereocenters. The van der Waals surface area contributed by atoms with E-state index in [0.29, 0.717) is 22.5 Å². The first-order valence-corrected chi connectivity index (χ1v) is 9.19. The third kappa shape index (κ3) is 3.45. The summed E-state index contributed by atoms with van der Waals surface area (Å²) in [5.74, 6) is -0.225. The molecule has 0 saturated heterocycles. The van der Waals surface area contributed by atoms with Gasteiger partial charge in [0, 0.05) is 5.69 Å². The molecule has 0 saturated carbocycles. The minimum Gasteiger partial charge on any atom is -0.324 e. The second-order valence-electron chi connectivity index (χ2n) is 5.58. The third-order valence-corrected chi connectivity index (χ3v) is 4.58. The number of hydrogen-bond acceptors (Lipinski definition) is 7. The van der Waals surface area contributed by atoms with E-state index in [0.717, 1.165) is 0 Å². The molecule has 0 radical (unpaired) electrons. The fraction of sp³-hybridized carbons (Fsp3) is 0. The van der Waals surface area contributed by atoms with Crippen LogP contribution in [0.25, 0.3) is 16.9 Å². The number of primary sulfonamides is 1. The SMILES string of the molecule is NS(=O)(=O)c1cccc(Nc2ncc3nnn(-c4cccc(F)c4)c3n2)c1. The van der Waals surface area contributed by atoms with Crippen LogP contribution in [0.2, 0.25) is 0 Å². The van der Waals surface area contributed by atoms with Gasteiger partial charge in [0.1, 0.15) is 5.82 Å². The Labute approximate surface area is 152 Å². The predicted molar refractivity (Wildman–Crippen MR) is 95.5 cm³/mol. The van der Waals surface area contributed by atoms with E-state index in [1.165, 1.54) is 35.1 Å². The van der Waals surface area contributed by atoms with Crippen LogP contribution >= 0.6 is 0 Å². The average molecular weight is 385 g/mol. The van der Waals surface area contributed by atoms with Crippen molar-refractivity contribution in [2.24, 2.45) is 5.14 Å². The fourth-order valence-electron chi connectivity index (χ4n) is 2.45. The van der Waals surface area contributed by atoms with Crippen molar-refractivity contribution in [1.29, 1.82) is 0 Å². The second-order valence-corrected chi connectivity index (χ2v) is 7.14.